The lowest BCUT2D eigenvalue weighted by Crippen LogP contribution is -2.37. The Morgan fingerprint density at radius 2 is 2.23 bits per heavy atom. The summed E-state index contributed by atoms with van der Waals surface area (Å²) >= 11 is 0. The summed E-state index contributed by atoms with van der Waals surface area (Å²) in [5.41, 5.74) is 1.24. The maximum absolute atomic E-state index is 11.1. The molecule has 1 N–H and O–H groups in total. The van der Waals surface area contributed by atoms with Crippen LogP contribution < -0.4 is 0 Å². The second-order valence-electron chi connectivity index (χ2n) is 3.32. The van der Waals surface area contributed by atoms with Gasteiger partial charge in [-0.2, -0.15) is 0 Å². The summed E-state index contributed by atoms with van der Waals surface area (Å²) in [5.74, 6) is 1.67. The number of aromatic amines is 1. The molecule has 4 heteroatoms. The van der Waals surface area contributed by atoms with E-state index in [1.807, 2.05) is 12.3 Å². The highest BCUT2D eigenvalue weighted by Gasteiger charge is 2.14. The molecule has 2 heterocycles. The zero-order valence-corrected chi connectivity index (χ0v) is 8.35. The summed E-state index contributed by atoms with van der Waals surface area (Å²) in [4.78, 5) is 5.52. The number of nitrogens with one attached hydrogen (secondary N) is 1. The van der Waals surface area contributed by atoms with E-state index in [4.69, 9.17) is 0 Å². The predicted molar refractivity (Wildman–Crippen MR) is 53.9 cm³/mol. The molecule has 3 nitrogen and oxygen atoms in total. The molecule has 0 radical (unpaired) electrons. The van der Waals surface area contributed by atoms with E-state index < -0.39 is 10.8 Å². The molecule has 1 aromatic heterocycles. The Balaban J connectivity index is 1.86. The van der Waals surface area contributed by atoms with Crippen molar-refractivity contribution in [2.45, 2.75) is 6.54 Å². The molecule has 1 saturated heterocycles. The molecule has 0 aliphatic carbocycles. The van der Waals surface area contributed by atoms with Gasteiger partial charge in [-0.25, -0.2) is 0 Å². The topological polar surface area (TPSA) is 36.1 Å². The molecule has 1 aromatic rings. The Labute approximate surface area is 80.6 Å². The van der Waals surface area contributed by atoms with E-state index in [1.165, 1.54) is 5.69 Å². The first-order chi connectivity index (χ1) is 6.34. The van der Waals surface area contributed by atoms with Gasteiger partial charge in [0.1, 0.15) is 0 Å². The van der Waals surface area contributed by atoms with Gasteiger partial charge in [-0.15, -0.1) is 0 Å². The van der Waals surface area contributed by atoms with E-state index in [9.17, 15) is 4.21 Å². The molecule has 0 saturated carbocycles. The average molecular weight is 198 g/mol. The Bertz CT molecular complexity index is 274. The summed E-state index contributed by atoms with van der Waals surface area (Å²) in [6.45, 7) is 2.89. The number of H-pyrrole nitrogens is 1. The summed E-state index contributed by atoms with van der Waals surface area (Å²) < 4.78 is 11.1. The first-order valence-corrected chi connectivity index (χ1v) is 6.03. The standard InChI is InChI=1S/C9H14N2OS/c12-13-6-4-11(5-7-13)8-9-2-1-3-10-9/h1-3,10H,4-8H2. The SMILES string of the molecule is O=S1CCN(Cc2ccc[nH]2)CC1. The molecule has 0 amide bonds. The van der Waals surface area contributed by atoms with Crippen LogP contribution in [0.3, 0.4) is 0 Å². The van der Waals surface area contributed by atoms with Gasteiger partial charge in [-0.1, -0.05) is 0 Å². The van der Waals surface area contributed by atoms with Gasteiger partial charge in [-0.3, -0.25) is 9.11 Å². The predicted octanol–water partition coefficient (Wildman–Crippen LogP) is 0.579. The third-order valence-electron chi connectivity index (χ3n) is 2.33. The van der Waals surface area contributed by atoms with Crippen molar-refractivity contribution in [3.05, 3.63) is 24.0 Å². The Morgan fingerprint density at radius 3 is 2.85 bits per heavy atom. The Hall–Kier alpha value is -0.610. The monoisotopic (exact) mass is 198 g/mol. The Kier molecular flexibility index (Phi) is 2.80. The largest absolute Gasteiger partial charge is 0.364 e. The van der Waals surface area contributed by atoms with Crippen LogP contribution in [-0.2, 0) is 17.3 Å². The molecule has 1 fully saturated rings. The van der Waals surface area contributed by atoms with Crippen LogP contribution in [0, 0.1) is 0 Å². The van der Waals surface area contributed by atoms with Crippen molar-refractivity contribution in [3.8, 4) is 0 Å². The molecule has 0 unspecified atom stereocenters. The molecular formula is C9H14N2OS. The van der Waals surface area contributed by atoms with E-state index in [0.29, 0.717) is 0 Å². The van der Waals surface area contributed by atoms with Gasteiger partial charge in [0, 0.05) is 53.8 Å². The molecule has 0 spiro atoms. The van der Waals surface area contributed by atoms with Crippen molar-refractivity contribution in [3.63, 3.8) is 0 Å². The second kappa shape index (κ2) is 4.07. The quantitative estimate of drug-likeness (QED) is 0.754. The summed E-state index contributed by atoms with van der Waals surface area (Å²) in [6, 6.07) is 4.10. The van der Waals surface area contributed by atoms with Crippen LogP contribution in [-0.4, -0.2) is 38.7 Å². The van der Waals surface area contributed by atoms with Gasteiger partial charge in [0.15, 0.2) is 0 Å². The van der Waals surface area contributed by atoms with Gasteiger partial charge >= 0.3 is 0 Å². The van der Waals surface area contributed by atoms with Crippen molar-refractivity contribution in [2.24, 2.45) is 0 Å². The molecule has 1 aliphatic rings. The molecule has 0 bridgehead atoms. The van der Waals surface area contributed by atoms with E-state index in [0.717, 1.165) is 31.1 Å². The van der Waals surface area contributed by atoms with Gasteiger partial charge in [0.2, 0.25) is 0 Å². The van der Waals surface area contributed by atoms with Crippen molar-refractivity contribution < 1.29 is 4.21 Å². The van der Waals surface area contributed by atoms with Crippen LogP contribution in [0.2, 0.25) is 0 Å². The Morgan fingerprint density at radius 1 is 1.46 bits per heavy atom. The zero-order chi connectivity index (χ0) is 9.10. The lowest BCUT2D eigenvalue weighted by Gasteiger charge is -2.25. The van der Waals surface area contributed by atoms with Crippen LogP contribution in [0.15, 0.2) is 18.3 Å². The van der Waals surface area contributed by atoms with Gasteiger partial charge < -0.3 is 4.98 Å². The maximum Gasteiger partial charge on any atom is 0.0385 e. The fourth-order valence-corrected chi connectivity index (χ4v) is 2.67. The zero-order valence-electron chi connectivity index (χ0n) is 7.53. The molecular weight excluding hydrogens is 184 g/mol. The normalized spacial score (nSPS) is 20.6. The number of rotatable bonds is 2. The molecule has 2 rings (SSSR count). The van der Waals surface area contributed by atoms with Crippen molar-refractivity contribution in [2.75, 3.05) is 24.6 Å². The highest BCUT2D eigenvalue weighted by Crippen LogP contribution is 2.05. The van der Waals surface area contributed by atoms with E-state index >= 15 is 0 Å². The highest BCUT2D eigenvalue weighted by molar-refractivity contribution is 7.85. The van der Waals surface area contributed by atoms with Crippen LogP contribution in [0.4, 0.5) is 0 Å². The van der Waals surface area contributed by atoms with E-state index in [2.05, 4.69) is 16.0 Å². The first kappa shape index (κ1) is 8.97. The van der Waals surface area contributed by atoms with Crippen molar-refractivity contribution >= 4 is 10.8 Å². The molecule has 1 aliphatic heterocycles. The number of hydrogen-bond donors (Lipinski definition) is 1. The average Bonchev–Trinajstić information content (AvgIpc) is 2.62. The number of aromatic nitrogens is 1. The highest BCUT2D eigenvalue weighted by atomic mass is 32.2. The van der Waals surface area contributed by atoms with Crippen LogP contribution in [0.25, 0.3) is 0 Å². The van der Waals surface area contributed by atoms with E-state index in [1.54, 1.807) is 0 Å². The van der Waals surface area contributed by atoms with Gasteiger partial charge in [-0.05, 0) is 12.1 Å². The molecule has 13 heavy (non-hydrogen) atoms. The minimum absolute atomic E-state index is 0.561. The number of nitrogens with zero attached hydrogens (tertiary/aromatic N) is 1. The third kappa shape index (κ3) is 2.42. The fraction of sp³-hybridized carbons (Fsp3) is 0.556. The summed E-state index contributed by atoms with van der Waals surface area (Å²) in [6.07, 6.45) is 1.94. The smallest absolute Gasteiger partial charge is 0.0385 e. The first-order valence-electron chi connectivity index (χ1n) is 4.54. The minimum Gasteiger partial charge on any atom is -0.364 e. The van der Waals surface area contributed by atoms with Crippen LogP contribution in [0.5, 0.6) is 0 Å². The lowest BCUT2D eigenvalue weighted by atomic mass is 10.4. The fourth-order valence-electron chi connectivity index (χ4n) is 1.54. The van der Waals surface area contributed by atoms with Crippen LogP contribution in [0.1, 0.15) is 5.69 Å². The molecule has 72 valence electrons. The number of hydrogen-bond acceptors (Lipinski definition) is 2. The maximum atomic E-state index is 11.1. The second-order valence-corrected chi connectivity index (χ2v) is 5.02. The molecule has 0 atom stereocenters. The molecule has 0 aromatic carbocycles. The summed E-state index contributed by atoms with van der Waals surface area (Å²) in [5, 5.41) is 0. The van der Waals surface area contributed by atoms with Crippen molar-refractivity contribution in [1.82, 2.24) is 9.88 Å². The van der Waals surface area contributed by atoms with Gasteiger partial charge in [0.25, 0.3) is 0 Å². The lowest BCUT2D eigenvalue weighted by molar-refractivity contribution is 0.288. The van der Waals surface area contributed by atoms with Crippen LogP contribution >= 0.6 is 0 Å². The van der Waals surface area contributed by atoms with Crippen molar-refractivity contribution in [1.29, 1.82) is 0 Å². The minimum atomic E-state index is -0.561. The van der Waals surface area contributed by atoms with E-state index in [-0.39, 0.29) is 0 Å². The summed E-state index contributed by atoms with van der Waals surface area (Å²) in [7, 11) is -0.561. The third-order valence-corrected chi connectivity index (χ3v) is 3.60. The van der Waals surface area contributed by atoms with Gasteiger partial charge in [0.05, 0.1) is 0 Å².